The molecule has 1 unspecified atom stereocenters. The molecule has 4 rings (SSSR count). The number of benzene rings is 1. The molecule has 0 bridgehead atoms. The normalized spacial score (nSPS) is 19.4. The number of ether oxygens (including phenoxy) is 1. The first kappa shape index (κ1) is 21.4. The van der Waals surface area contributed by atoms with Gasteiger partial charge in [-0.25, -0.2) is 0 Å². The minimum Gasteiger partial charge on any atom is -0.497 e. The molecule has 1 aromatic carbocycles. The van der Waals surface area contributed by atoms with Crippen molar-refractivity contribution in [3.05, 3.63) is 47.3 Å². The third kappa shape index (κ3) is 5.27. The van der Waals surface area contributed by atoms with E-state index in [9.17, 15) is 9.59 Å². The molecule has 1 atom stereocenters. The maximum absolute atomic E-state index is 13.0. The number of carbonyl (C=O) groups excluding carboxylic acids is 2. The van der Waals surface area contributed by atoms with Crippen molar-refractivity contribution in [2.75, 3.05) is 13.7 Å². The summed E-state index contributed by atoms with van der Waals surface area (Å²) in [5.41, 5.74) is 2.39. The largest absolute Gasteiger partial charge is 0.497 e. The average molecular weight is 425 g/mol. The van der Waals surface area contributed by atoms with Crippen LogP contribution in [0.1, 0.15) is 79.2 Å². The van der Waals surface area contributed by atoms with Crippen LogP contribution in [0.5, 0.6) is 5.75 Å². The highest BCUT2D eigenvalue weighted by Crippen LogP contribution is 2.31. The highest BCUT2D eigenvalue weighted by Gasteiger charge is 2.30. The molecule has 1 aliphatic heterocycles. The summed E-state index contributed by atoms with van der Waals surface area (Å²) in [5, 5.41) is 10.4. The summed E-state index contributed by atoms with van der Waals surface area (Å²) < 4.78 is 5.20. The summed E-state index contributed by atoms with van der Waals surface area (Å²) in [5.74, 6) is 0.841. The number of aryl methyl sites for hydroxylation is 1. The summed E-state index contributed by atoms with van der Waals surface area (Å²) >= 11 is 0. The maximum atomic E-state index is 13.0. The molecule has 31 heavy (non-hydrogen) atoms. The molecule has 0 spiro atoms. The van der Waals surface area contributed by atoms with Gasteiger partial charge in [-0.2, -0.15) is 5.10 Å². The number of carbonyl (C=O) groups is 2. The average Bonchev–Trinajstić information content (AvgIpc) is 3.50. The fraction of sp³-hybridized carbons (Fsp3) is 0.542. The van der Waals surface area contributed by atoms with Crippen molar-refractivity contribution in [1.82, 2.24) is 20.4 Å². The lowest BCUT2D eigenvalue weighted by atomic mass is 9.98. The Labute approximate surface area is 183 Å². The van der Waals surface area contributed by atoms with Crippen LogP contribution in [0.15, 0.2) is 30.3 Å². The van der Waals surface area contributed by atoms with Crippen LogP contribution in [0.2, 0.25) is 0 Å². The van der Waals surface area contributed by atoms with Crippen molar-refractivity contribution in [3.8, 4) is 5.75 Å². The summed E-state index contributed by atoms with van der Waals surface area (Å²) in [4.78, 5) is 27.5. The first-order valence-corrected chi connectivity index (χ1v) is 11.4. The monoisotopic (exact) mass is 424 g/mol. The van der Waals surface area contributed by atoms with E-state index in [-0.39, 0.29) is 23.9 Å². The lowest BCUT2D eigenvalue weighted by Gasteiger charge is -2.35. The number of piperidine rings is 1. The Morgan fingerprint density at radius 2 is 1.87 bits per heavy atom. The van der Waals surface area contributed by atoms with Crippen LogP contribution in [0.4, 0.5) is 0 Å². The minimum atomic E-state index is -0.123. The summed E-state index contributed by atoms with van der Waals surface area (Å²) in [6.07, 6.45) is 8.56. The van der Waals surface area contributed by atoms with Gasteiger partial charge in [0.25, 0.3) is 5.91 Å². The molecule has 1 saturated carbocycles. The molecule has 0 radical (unpaired) electrons. The number of nitrogens with zero attached hydrogens (tertiary/aromatic N) is 2. The third-order valence-electron chi connectivity index (χ3n) is 6.49. The van der Waals surface area contributed by atoms with Crippen LogP contribution >= 0.6 is 0 Å². The van der Waals surface area contributed by atoms with Gasteiger partial charge in [0.15, 0.2) is 0 Å². The predicted octanol–water partition coefficient (Wildman–Crippen LogP) is 3.78. The number of methoxy groups -OCH3 is 1. The number of H-pyrrole nitrogens is 1. The van der Waals surface area contributed by atoms with Gasteiger partial charge in [0.2, 0.25) is 5.91 Å². The lowest BCUT2D eigenvalue weighted by molar-refractivity contribution is -0.135. The van der Waals surface area contributed by atoms with Gasteiger partial charge in [0.1, 0.15) is 11.4 Å². The smallest absolute Gasteiger partial charge is 0.271 e. The van der Waals surface area contributed by atoms with Crippen LogP contribution < -0.4 is 10.1 Å². The Balaban J connectivity index is 1.38. The van der Waals surface area contributed by atoms with Gasteiger partial charge >= 0.3 is 0 Å². The van der Waals surface area contributed by atoms with Crippen LogP contribution in [-0.2, 0) is 11.2 Å². The maximum Gasteiger partial charge on any atom is 0.271 e. The van der Waals surface area contributed by atoms with E-state index < -0.39 is 0 Å². The number of aromatic nitrogens is 2. The molecular weight excluding hydrogens is 392 g/mol. The molecule has 2 fully saturated rings. The van der Waals surface area contributed by atoms with Crippen molar-refractivity contribution < 1.29 is 14.3 Å². The highest BCUT2D eigenvalue weighted by atomic mass is 16.5. The molecule has 1 saturated heterocycles. The number of nitrogens with one attached hydrogen (secondary N) is 2. The van der Waals surface area contributed by atoms with Crippen molar-refractivity contribution in [3.63, 3.8) is 0 Å². The fourth-order valence-electron chi connectivity index (χ4n) is 4.69. The van der Waals surface area contributed by atoms with E-state index in [1.807, 2.05) is 35.2 Å². The van der Waals surface area contributed by atoms with Gasteiger partial charge in [0.05, 0.1) is 18.8 Å². The molecule has 7 nitrogen and oxygen atoms in total. The standard InChI is InChI=1S/C24H32N4O3/c1-31-19-12-9-17(10-13-19)11-14-23(29)28-15-5-4-8-22(28)20-16-21(27-26-20)24(30)25-18-6-2-3-7-18/h9-10,12-13,16,18,22H,2-8,11,14-15H2,1H3,(H,25,30)(H,26,27). The Morgan fingerprint density at radius 3 is 2.61 bits per heavy atom. The lowest BCUT2D eigenvalue weighted by Crippen LogP contribution is -2.38. The van der Waals surface area contributed by atoms with Gasteiger partial charge in [-0.3, -0.25) is 14.7 Å². The summed E-state index contributed by atoms with van der Waals surface area (Å²) in [7, 11) is 1.65. The molecule has 2 heterocycles. The Hall–Kier alpha value is -2.83. The number of hydrogen-bond acceptors (Lipinski definition) is 4. The SMILES string of the molecule is COc1ccc(CCC(=O)N2CCCCC2c2cc(C(=O)NC3CCCC3)n[nH]2)cc1. The van der Waals surface area contributed by atoms with Crippen molar-refractivity contribution in [2.45, 2.75) is 69.9 Å². The van der Waals surface area contributed by atoms with Gasteiger partial charge < -0.3 is 15.0 Å². The molecular formula is C24H32N4O3. The van der Waals surface area contributed by atoms with Crippen molar-refractivity contribution in [2.24, 2.45) is 0 Å². The first-order valence-electron chi connectivity index (χ1n) is 11.4. The van der Waals surface area contributed by atoms with Crippen LogP contribution in [-0.4, -0.2) is 46.6 Å². The van der Waals surface area contributed by atoms with E-state index in [1.54, 1.807) is 7.11 Å². The van der Waals surface area contributed by atoms with Gasteiger partial charge in [-0.15, -0.1) is 0 Å². The molecule has 2 amide bonds. The van der Waals surface area contributed by atoms with Crippen LogP contribution in [0.3, 0.4) is 0 Å². The second kappa shape index (κ2) is 9.98. The van der Waals surface area contributed by atoms with E-state index >= 15 is 0 Å². The number of rotatable bonds is 7. The quantitative estimate of drug-likeness (QED) is 0.708. The molecule has 1 aliphatic carbocycles. The number of amides is 2. The predicted molar refractivity (Wildman–Crippen MR) is 118 cm³/mol. The van der Waals surface area contributed by atoms with E-state index in [0.29, 0.717) is 18.5 Å². The van der Waals surface area contributed by atoms with Crippen molar-refractivity contribution >= 4 is 11.8 Å². The highest BCUT2D eigenvalue weighted by molar-refractivity contribution is 5.92. The molecule has 7 heteroatoms. The Bertz CT molecular complexity index is 886. The zero-order chi connectivity index (χ0) is 21.6. The second-order valence-corrected chi connectivity index (χ2v) is 8.61. The van der Waals surface area contributed by atoms with Crippen LogP contribution in [0, 0.1) is 0 Å². The Kier molecular flexibility index (Phi) is 6.89. The third-order valence-corrected chi connectivity index (χ3v) is 6.49. The molecule has 2 aliphatic rings. The molecule has 1 aromatic heterocycles. The van der Waals surface area contributed by atoms with E-state index in [4.69, 9.17) is 4.74 Å². The Morgan fingerprint density at radius 1 is 1.13 bits per heavy atom. The van der Waals surface area contributed by atoms with Crippen LogP contribution in [0.25, 0.3) is 0 Å². The zero-order valence-corrected chi connectivity index (χ0v) is 18.2. The molecule has 2 N–H and O–H groups in total. The summed E-state index contributed by atoms with van der Waals surface area (Å²) in [6, 6.07) is 9.90. The van der Waals surface area contributed by atoms with E-state index in [2.05, 4.69) is 15.5 Å². The van der Waals surface area contributed by atoms with E-state index in [1.165, 1.54) is 12.8 Å². The number of likely N-dealkylation sites (tertiary alicyclic amines) is 1. The second-order valence-electron chi connectivity index (χ2n) is 8.61. The van der Waals surface area contributed by atoms with Gasteiger partial charge in [-0.05, 0) is 62.3 Å². The fourth-order valence-corrected chi connectivity index (χ4v) is 4.69. The number of aromatic amines is 1. The molecule has 166 valence electrons. The first-order chi connectivity index (χ1) is 15.1. The van der Waals surface area contributed by atoms with Crippen molar-refractivity contribution in [1.29, 1.82) is 0 Å². The van der Waals surface area contributed by atoms with Gasteiger partial charge in [0, 0.05) is 19.0 Å². The van der Waals surface area contributed by atoms with Gasteiger partial charge in [-0.1, -0.05) is 25.0 Å². The topological polar surface area (TPSA) is 87.3 Å². The zero-order valence-electron chi connectivity index (χ0n) is 18.2. The number of hydrogen-bond donors (Lipinski definition) is 2. The minimum absolute atomic E-state index is 0.0438. The molecule has 2 aromatic rings. The summed E-state index contributed by atoms with van der Waals surface area (Å²) in [6.45, 7) is 0.745. The van der Waals surface area contributed by atoms with E-state index in [0.717, 1.165) is 55.7 Å².